The van der Waals surface area contributed by atoms with Crippen molar-refractivity contribution in [3.8, 4) is 0 Å². The Labute approximate surface area is 185 Å². The lowest BCUT2D eigenvalue weighted by molar-refractivity contribution is -0.148. The third-order valence-corrected chi connectivity index (χ3v) is 8.03. The summed E-state index contributed by atoms with van der Waals surface area (Å²) < 4.78 is 10.6. The summed E-state index contributed by atoms with van der Waals surface area (Å²) >= 11 is 0. The number of methoxy groups -OCH3 is 1. The highest BCUT2D eigenvalue weighted by Crippen LogP contribution is 2.69. The van der Waals surface area contributed by atoms with Crippen LogP contribution >= 0.6 is 0 Å². The van der Waals surface area contributed by atoms with Crippen molar-refractivity contribution in [1.29, 1.82) is 0 Å². The van der Waals surface area contributed by atoms with Gasteiger partial charge in [-0.2, -0.15) is 0 Å². The number of esters is 1. The molecule has 7 heteroatoms. The Morgan fingerprint density at radius 2 is 1.77 bits per heavy atom. The SMILES string of the molecule is COC(=O)[C@H](CC1CCCC1)NC(=O)[C@@H]1CC(C23CC(C2)C3)CN1C(=O)OC(C)(C)C. The van der Waals surface area contributed by atoms with Gasteiger partial charge in [0, 0.05) is 6.54 Å². The number of carbonyl (C=O) groups excluding carboxylic acids is 3. The highest BCUT2D eigenvalue weighted by molar-refractivity contribution is 5.90. The van der Waals surface area contributed by atoms with E-state index in [0.29, 0.717) is 36.6 Å². The van der Waals surface area contributed by atoms with E-state index < -0.39 is 29.7 Å². The number of nitrogens with one attached hydrogen (secondary N) is 1. The summed E-state index contributed by atoms with van der Waals surface area (Å²) in [5.41, 5.74) is -0.310. The second-order valence-corrected chi connectivity index (χ2v) is 11.4. The van der Waals surface area contributed by atoms with Gasteiger partial charge in [-0.25, -0.2) is 9.59 Å². The minimum atomic E-state index is -0.657. The molecule has 1 heterocycles. The highest BCUT2D eigenvalue weighted by Gasteiger charge is 2.63. The molecular formula is C24H38N2O5. The van der Waals surface area contributed by atoms with Crippen LogP contribution in [0.2, 0.25) is 0 Å². The summed E-state index contributed by atoms with van der Waals surface area (Å²) in [6, 6.07) is -1.25. The van der Waals surface area contributed by atoms with E-state index in [1.165, 1.54) is 39.2 Å². The molecule has 5 fully saturated rings. The van der Waals surface area contributed by atoms with Gasteiger partial charge < -0.3 is 14.8 Å². The fourth-order valence-electron chi connectivity index (χ4n) is 6.30. The zero-order valence-electron chi connectivity index (χ0n) is 19.4. The van der Waals surface area contributed by atoms with Gasteiger partial charge in [0.2, 0.25) is 5.91 Å². The third kappa shape index (κ3) is 4.56. The van der Waals surface area contributed by atoms with Gasteiger partial charge in [0.25, 0.3) is 0 Å². The van der Waals surface area contributed by atoms with Crippen LogP contribution in [0.25, 0.3) is 0 Å². The number of nitrogens with zero attached hydrogens (tertiary/aromatic N) is 1. The minimum absolute atomic E-state index is 0.256. The van der Waals surface area contributed by atoms with Gasteiger partial charge in [0.05, 0.1) is 7.11 Å². The van der Waals surface area contributed by atoms with Crippen molar-refractivity contribution in [3.05, 3.63) is 0 Å². The molecule has 31 heavy (non-hydrogen) atoms. The van der Waals surface area contributed by atoms with Crippen LogP contribution in [0.4, 0.5) is 4.79 Å². The summed E-state index contributed by atoms with van der Waals surface area (Å²) in [6.45, 7) is 6.07. The minimum Gasteiger partial charge on any atom is -0.467 e. The fraction of sp³-hybridized carbons (Fsp3) is 0.875. The summed E-state index contributed by atoms with van der Waals surface area (Å²) in [7, 11) is 1.36. The van der Waals surface area contributed by atoms with Crippen molar-refractivity contribution >= 4 is 18.0 Å². The molecule has 5 rings (SSSR count). The number of hydrogen-bond donors (Lipinski definition) is 1. The molecule has 1 aliphatic heterocycles. The standard InChI is InChI=1S/C24H38N2O5/c1-23(2,3)31-22(29)26-14-17(24-11-16(12-24)13-24)10-19(26)20(27)25-18(21(28)30-4)9-15-7-5-6-8-15/h15-19H,5-14H2,1-4H3,(H,25,27)/t16?,17?,18-,19-,24?/m0/s1. The largest absolute Gasteiger partial charge is 0.467 e. The topological polar surface area (TPSA) is 84.9 Å². The van der Waals surface area contributed by atoms with Crippen LogP contribution in [-0.2, 0) is 19.1 Å². The van der Waals surface area contributed by atoms with Crippen LogP contribution in [0.3, 0.4) is 0 Å². The summed E-state index contributed by atoms with van der Waals surface area (Å²) in [4.78, 5) is 40.3. The van der Waals surface area contributed by atoms with Crippen LogP contribution in [0.1, 0.15) is 78.6 Å². The summed E-state index contributed by atoms with van der Waals surface area (Å²) in [5.74, 6) is 0.944. The first-order valence-electron chi connectivity index (χ1n) is 12.0. The first-order chi connectivity index (χ1) is 14.6. The number of hydrogen-bond acceptors (Lipinski definition) is 5. The Balaban J connectivity index is 1.46. The van der Waals surface area contributed by atoms with Crippen LogP contribution < -0.4 is 5.32 Å². The molecule has 3 atom stereocenters. The van der Waals surface area contributed by atoms with Gasteiger partial charge in [-0.05, 0) is 76.0 Å². The first-order valence-corrected chi connectivity index (χ1v) is 12.0. The summed E-state index contributed by atoms with van der Waals surface area (Å²) in [5, 5.41) is 2.94. The van der Waals surface area contributed by atoms with Crippen molar-refractivity contribution < 1.29 is 23.9 Å². The molecule has 2 amide bonds. The van der Waals surface area contributed by atoms with Crippen molar-refractivity contribution in [3.63, 3.8) is 0 Å². The highest BCUT2D eigenvalue weighted by atomic mass is 16.6. The van der Waals surface area contributed by atoms with E-state index in [9.17, 15) is 14.4 Å². The Hall–Kier alpha value is -1.79. The van der Waals surface area contributed by atoms with E-state index in [1.807, 2.05) is 20.8 Å². The third-order valence-electron chi connectivity index (χ3n) is 8.03. The van der Waals surface area contributed by atoms with Crippen LogP contribution in [0, 0.1) is 23.2 Å². The van der Waals surface area contributed by atoms with Crippen molar-refractivity contribution in [1.82, 2.24) is 10.2 Å². The van der Waals surface area contributed by atoms with Gasteiger partial charge in [0.15, 0.2) is 0 Å². The molecular weight excluding hydrogens is 396 g/mol. The van der Waals surface area contributed by atoms with Gasteiger partial charge in [0.1, 0.15) is 17.7 Å². The van der Waals surface area contributed by atoms with Gasteiger partial charge >= 0.3 is 12.1 Å². The zero-order chi connectivity index (χ0) is 22.4. The lowest BCUT2D eigenvalue weighted by atomic mass is 9.40. The lowest BCUT2D eigenvalue weighted by Gasteiger charge is -2.65. The molecule has 1 unspecified atom stereocenters. The molecule has 4 aliphatic carbocycles. The Bertz CT molecular complexity index is 707. The Morgan fingerprint density at radius 3 is 2.29 bits per heavy atom. The second kappa shape index (κ2) is 8.28. The van der Waals surface area contributed by atoms with Gasteiger partial charge in [-0.15, -0.1) is 0 Å². The number of likely N-dealkylation sites (tertiary alicyclic amines) is 1. The molecule has 5 aliphatic rings. The number of ether oxygens (including phenoxy) is 2. The molecule has 0 aromatic rings. The van der Waals surface area contributed by atoms with Crippen LogP contribution in [0.5, 0.6) is 0 Å². The maximum absolute atomic E-state index is 13.4. The maximum atomic E-state index is 13.4. The molecule has 1 saturated heterocycles. The molecule has 174 valence electrons. The van der Waals surface area contributed by atoms with Crippen molar-refractivity contribution in [2.75, 3.05) is 13.7 Å². The molecule has 0 spiro atoms. The average molecular weight is 435 g/mol. The normalized spacial score (nSPS) is 33.3. The van der Waals surface area contributed by atoms with Gasteiger partial charge in [-0.1, -0.05) is 25.7 Å². The smallest absolute Gasteiger partial charge is 0.410 e. The van der Waals surface area contributed by atoms with E-state index >= 15 is 0 Å². The average Bonchev–Trinajstić information content (AvgIpc) is 3.26. The second-order valence-electron chi connectivity index (χ2n) is 11.4. The number of amides is 2. The van der Waals surface area contributed by atoms with E-state index in [-0.39, 0.29) is 5.91 Å². The predicted octanol–water partition coefficient (Wildman–Crippen LogP) is 3.65. The van der Waals surface area contributed by atoms with E-state index in [4.69, 9.17) is 9.47 Å². The Morgan fingerprint density at radius 1 is 1.13 bits per heavy atom. The van der Waals surface area contributed by atoms with E-state index in [0.717, 1.165) is 18.8 Å². The van der Waals surface area contributed by atoms with Crippen LogP contribution in [-0.4, -0.2) is 54.2 Å². The molecule has 0 aromatic heterocycles. The van der Waals surface area contributed by atoms with Crippen molar-refractivity contribution in [2.45, 2.75) is 96.2 Å². The van der Waals surface area contributed by atoms with E-state index in [2.05, 4.69) is 5.32 Å². The molecule has 7 nitrogen and oxygen atoms in total. The number of rotatable bonds is 6. The van der Waals surface area contributed by atoms with E-state index in [1.54, 1.807) is 4.90 Å². The fourth-order valence-corrected chi connectivity index (χ4v) is 6.30. The lowest BCUT2D eigenvalue weighted by Crippen LogP contribution is -2.56. The Kier molecular flexibility index (Phi) is 5.99. The molecule has 2 bridgehead atoms. The van der Waals surface area contributed by atoms with Crippen LogP contribution in [0.15, 0.2) is 0 Å². The predicted molar refractivity (Wildman–Crippen MR) is 115 cm³/mol. The zero-order valence-corrected chi connectivity index (χ0v) is 19.4. The monoisotopic (exact) mass is 434 g/mol. The number of carbonyl (C=O) groups is 3. The molecule has 1 N–H and O–H groups in total. The van der Waals surface area contributed by atoms with Crippen molar-refractivity contribution in [2.24, 2.45) is 23.2 Å². The quantitative estimate of drug-likeness (QED) is 0.645. The molecule has 0 aromatic carbocycles. The molecule has 4 saturated carbocycles. The van der Waals surface area contributed by atoms with Gasteiger partial charge in [-0.3, -0.25) is 9.69 Å². The molecule has 0 radical (unpaired) electrons. The maximum Gasteiger partial charge on any atom is 0.410 e. The first kappa shape index (κ1) is 22.4. The summed E-state index contributed by atoms with van der Waals surface area (Å²) in [6.07, 6.45) is 9.00.